The fourth-order valence-corrected chi connectivity index (χ4v) is 3.65. The summed E-state index contributed by atoms with van der Waals surface area (Å²) in [6, 6.07) is 5.64. The van der Waals surface area contributed by atoms with E-state index in [0.29, 0.717) is 31.8 Å². The minimum Gasteiger partial charge on any atom is -0.384 e. The highest BCUT2D eigenvalue weighted by Gasteiger charge is 2.29. The fraction of sp³-hybridized carbons (Fsp3) is 0.455. The molecule has 1 saturated heterocycles. The van der Waals surface area contributed by atoms with Gasteiger partial charge in [-0.05, 0) is 44.5 Å². The molecule has 0 aliphatic carbocycles. The summed E-state index contributed by atoms with van der Waals surface area (Å²) >= 11 is 0. The smallest absolute Gasteiger partial charge is 0.228 e. The maximum Gasteiger partial charge on any atom is 0.228 e. The topological polar surface area (TPSA) is 84.4 Å². The first-order chi connectivity index (χ1) is 14.4. The van der Waals surface area contributed by atoms with Crippen molar-refractivity contribution in [2.24, 2.45) is 0 Å². The number of nitrogens with zero attached hydrogens (tertiary/aromatic N) is 3. The molecule has 2 aromatic rings. The summed E-state index contributed by atoms with van der Waals surface area (Å²) in [6.45, 7) is 5.45. The van der Waals surface area contributed by atoms with Gasteiger partial charge in [-0.3, -0.25) is 9.59 Å². The summed E-state index contributed by atoms with van der Waals surface area (Å²) in [7, 11) is 1.58. The van der Waals surface area contributed by atoms with Crippen LogP contribution in [-0.4, -0.2) is 53.5 Å². The SMILES string of the molecule is COCCC(=O)N1CC[C@H](c2nc(C)c(CC(=O)Nc3ccc(F)cc3)c(C)n2)C1. The number of carbonyl (C=O) groups is 2. The number of ether oxygens (including phenoxy) is 1. The van der Waals surface area contributed by atoms with Gasteiger partial charge in [0.1, 0.15) is 11.6 Å². The Hall–Kier alpha value is -2.87. The van der Waals surface area contributed by atoms with Gasteiger partial charge in [0.05, 0.1) is 19.4 Å². The van der Waals surface area contributed by atoms with E-state index in [-0.39, 0.29) is 30.0 Å². The molecule has 0 unspecified atom stereocenters. The van der Waals surface area contributed by atoms with Crippen molar-refractivity contribution in [3.05, 3.63) is 52.9 Å². The predicted octanol–water partition coefficient (Wildman–Crippen LogP) is 2.77. The van der Waals surface area contributed by atoms with Crippen molar-refractivity contribution < 1.29 is 18.7 Å². The second-order valence-electron chi connectivity index (χ2n) is 7.53. The van der Waals surface area contributed by atoms with Gasteiger partial charge in [-0.25, -0.2) is 14.4 Å². The lowest BCUT2D eigenvalue weighted by molar-refractivity contribution is -0.131. The third-order valence-electron chi connectivity index (χ3n) is 5.33. The van der Waals surface area contributed by atoms with Crippen LogP contribution in [0.15, 0.2) is 24.3 Å². The molecule has 1 atom stereocenters. The van der Waals surface area contributed by atoms with E-state index in [1.807, 2.05) is 18.7 Å². The molecule has 3 rings (SSSR count). The second kappa shape index (κ2) is 9.75. The Balaban J connectivity index is 1.64. The molecule has 1 N–H and O–H groups in total. The molecule has 0 bridgehead atoms. The summed E-state index contributed by atoms with van der Waals surface area (Å²) in [5, 5.41) is 2.76. The normalized spacial score (nSPS) is 16.0. The second-order valence-corrected chi connectivity index (χ2v) is 7.53. The number of rotatable bonds is 7. The molecule has 7 nitrogen and oxygen atoms in total. The lowest BCUT2D eigenvalue weighted by Crippen LogP contribution is -2.29. The molecular formula is C22H27FN4O3. The van der Waals surface area contributed by atoms with Crippen LogP contribution in [-0.2, 0) is 20.7 Å². The highest BCUT2D eigenvalue weighted by Crippen LogP contribution is 2.26. The largest absolute Gasteiger partial charge is 0.384 e. The molecule has 1 aliphatic heterocycles. The maximum absolute atomic E-state index is 13.0. The molecule has 30 heavy (non-hydrogen) atoms. The zero-order valence-corrected chi connectivity index (χ0v) is 17.6. The van der Waals surface area contributed by atoms with Crippen LogP contribution in [0.25, 0.3) is 0 Å². The van der Waals surface area contributed by atoms with Gasteiger partial charge in [0.2, 0.25) is 11.8 Å². The molecule has 0 saturated carbocycles. The number of aryl methyl sites for hydroxylation is 2. The van der Waals surface area contributed by atoms with Crippen molar-refractivity contribution >= 4 is 17.5 Å². The van der Waals surface area contributed by atoms with Gasteiger partial charge in [-0.2, -0.15) is 0 Å². The molecule has 160 valence electrons. The van der Waals surface area contributed by atoms with Gasteiger partial charge in [-0.1, -0.05) is 0 Å². The summed E-state index contributed by atoms with van der Waals surface area (Å²) in [6.07, 6.45) is 1.34. The van der Waals surface area contributed by atoms with Crippen LogP contribution in [0.2, 0.25) is 0 Å². The highest BCUT2D eigenvalue weighted by atomic mass is 19.1. The minimum absolute atomic E-state index is 0.0851. The number of halogens is 1. The van der Waals surface area contributed by atoms with Gasteiger partial charge in [-0.15, -0.1) is 0 Å². The average Bonchev–Trinajstić information content (AvgIpc) is 3.21. The predicted molar refractivity (Wildman–Crippen MR) is 111 cm³/mol. The Morgan fingerprint density at radius 1 is 1.20 bits per heavy atom. The Kier molecular flexibility index (Phi) is 7.10. The number of nitrogens with one attached hydrogen (secondary N) is 1. The molecule has 2 heterocycles. The number of hydrogen-bond donors (Lipinski definition) is 1. The Labute approximate surface area is 175 Å². The van der Waals surface area contributed by atoms with Gasteiger partial charge >= 0.3 is 0 Å². The zero-order valence-electron chi connectivity index (χ0n) is 17.6. The van der Waals surface area contributed by atoms with Crippen LogP contribution in [0.3, 0.4) is 0 Å². The molecule has 8 heteroatoms. The van der Waals surface area contributed by atoms with Gasteiger partial charge < -0.3 is 15.0 Å². The lowest BCUT2D eigenvalue weighted by Gasteiger charge is -2.17. The number of hydrogen-bond acceptors (Lipinski definition) is 5. The highest BCUT2D eigenvalue weighted by molar-refractivity contribution is 5.92. The molecular weight excluding hydrogens is 387 g/mol. The molecule has 0 spiro atoms. The van der Waals surface area contributed by atoms with Crippen molar-refractivity contribution in [1.82, 2.24) is 14.9 Å². The van der Waals surface area contributed by atoms with E-state index in [9.17, 15) is 14.0 Å². The van der Waals surface area contributed by atoms with Crippen LogP contribution < -0.4 is 5.32 Å². The maximum atomic E-state index is 13.0. The van der Waals surface area contributed by atoms with Crippen LogP contribution in [0.5, 0.6) is 0 Å². The quantitative estimate of drug-likeness (QED) is 0.753. The van der Waals surface area contributed by atoms with Crippen LogP contribution >= 0.6 is 0 Å². The third kappa shape index (κ3) is 5.38. The van der Waals surface area contributed by atoms with E-state index >= 15 is 0 Å². The summed E-state index contributed by atoms with van der Waals surface area (Å²) in [5.41, 5.74) is 2.84. The Bertz CT molecular complexity index is 894. The van der Waals surface area contributed by atoms with Crippen molar-refractivity contribution in [2.75, 3.05) is 32.1 Å². The molecule has 0 radical (unpaired) electrons. The van der Waals surface area contributed by atoms with Gasteiger partial charge in [0, 0.05) is 48.8 Å². The zero-order chi connectivity index (χ0) is 21.7. The molecule has 1 fully saturated rings. The molecule has 1 aromatic heterocycles. The number of aromatic nitrogens is 2. The van der Waals surface area contributed by atoms with Crippen molar-refractivity contribution in [1.29, 1.82) is 0 Å². The van der Waals surface area contributed by atoms with Crippen molar-refractivity contribution in [3.63, 3.8) is 0 Å². The van der Waals surface area contributed by atoms with E-state index in [1.54, 1.807) is 7.11 Å². The lowest BCUT2D eigenvalue weighted by atomic mass is 10.0. The van der Waals surface area contributed by atoms with E-state index in [1.165, 1.54) is 24.3 Å². The first-order valence-corrected chi connectivity index (χ1v) is 10.0. The number of methoxy groups -OCH3 is 1. The summed E-state index contributed by atoms with van der Waals surface area (Å²) < 4.78 is 18.0. The first kappa shape index (κ1) is 21.8. The van der Waals surface area contributed by atoms with Crippen LogP contribution in [0.1, 0.15) is 41.5 Å². The van der Waals surface area contributed by atoms with Crippen LogP contribution in [0, 0.1) is 19.7 Å². The van der Waals surface area contributed by atoms with E-state index in [4.69, 9.17) is 4.74 Å². The molecule has 1 aliphatic rings. The third-order valence-corrected chi connectivity index (χ3v) is 5.33. The Morgan fingerprint density at radius 2 is 1.87 bits per heavy atom. The van der Waals surface area contributed by atoms with Crippen molar-refractivity contribution in [2.45, 2.75) is 39.0 Å². The fourth-order valence-electron chi connectivity index (χ4n) is 3.65. The molecule has 1 aromatic carbocycles. The van der Waals surface area contributed by atoms with Gasteiger partial charge in [0.25, 0.3) is 0 Å². The summed E-state index contributed by atoms with van der Waals surface area (Å²) in [5.74, 6) is 0.335. The minimum atomic E-state index is -0.352. The van der Waals surface area contributed by atoms with Crippen LogP contribution in [0.4, 0.5) is 10.1 Å². The molecule has 2 amide bonds. The van der Waals surface area contributed by atoms with E-state index in [0.717, 1.165) is 29.2 Å². The number of benzene rings is 1. The van der Waals surface area contributed by atoms with E-state index in [2.05, 4.69) is 15.3 Å². The standard InChI is InChI=1S/C22H27FN4O3/c1-14-19(12-20(28)26-18-6-4-17(23)5-7-18)15(2)25-22(24-14)16-8-10-27(13-16)21(29)9-11-30-3/h4-7,16H,8-13H2,1-3H3,(H,26,28)/t16-/m0/s1. The van der Waals surface area contributed by atoms with Gasteiger partial charge in [0.15, 0.2) is 0 Å². The number of amides is 2. The van der Waals surface area contributed by atoms with Crippen molar-refractivity contribution in [3.8, 4) is 0 Å². The number of anilines is 1. The average molecular weight is 414 g/mol. The monoisotopic (exact) mass is 414 g/mol. The Morgan fingerprint density at radius 3 is 2.50 bits per heavy atom. The van der Waals surface area contributed by atoms with E-state index < -0.39 is 0 Å². The number of likely N-dealkylation sites (tertiary alicyclic amines) is 1. The first-order valence-electron chi connectivity index (χ1n) is 10.0. The number of carbonyl (C=O) groups excluding carboxylic acids is 2. The summed E-state index contributed by atoms with van der Waals surface area (Å²) in [4.78, 5) is 35.7.